The molecule has 27 heavy (non-hydrogen) atoms. The van der Waals surface area contributed by atoms with Crippen LogP contribution in [0.3, 0.4) is 0 Å². The number of rotatable bonds is 4. The molecule has 0 aromatic heterocycles. The molecule has 4 nitrogen and oxygen atoms in total. The molecule has 0 saturated carbocycles. The number of benzene rings is 2. The van der Waals surface area contributed by atoms with E-state index in [0.29, 0.717) is 11.3 Å². The molecule has 0 N–H and O–H groups in total. The van der Waals surface area contributed by atoms with Crippen molar-refractivity contribution in [2.24, 2.45) is 5.10 Å². The van der Waals surface area contributed by atoms with E-state index >= 15 is 0 Å². The molecule has 7 heteroatoms. The second-order valence-corrected chi connectivity index (χ2v) is 6.19. The number of amides is 1. The fraction of sp³-hybridized carbons (Fsp3) is 0.200. The van der Waals surface area contributed by atoms with Gasteiger partial charge in [-0.2, -0.15) is 23.3 Å². The van der Waals surface area contributed by atoms with Gasteiger partial charge in [0.2, 0.25) is 0 Å². The van der Waals surface area contributed by atoms with Gasteiger partial charge in [-0.25, -0.2) is 0 Å². The van der Waals surface area contributed by atoms with E-state index in [9.17, 15) is 18.0 Å². The minimum atomic E-state index is -4.74. The van der Waals surface area contributed by atoms with Crippen molar-refractivity contribution in [3.05, 3.63) is 65.7 Å². The summed E-state index contributed by atoms with van der Waals surface area (Å²) in [4.78, 5) is 12.6. The lowest BCUT2D eigenvalue weighted by Gasteiger charge is -2.11. The molecule has 0 aliphatic carbocycles. The summed E-state index contributed by atoms with van der Waals surface area (Å²) < 4.78 is 45.7. The van der Waals surface area contributed by atoms with Gasteiger partial charge in [0.05, 0.1) is 17.4 Å². The van der Waals surface area contributed by atoms with Gasteiger partial charge in [-0.3, -0.25) is 4.79 Å². The molecule has 1 aliphatic heterocycles. The van der Waals surface area contributed by atoms with Gasteiger partial charge in [-0.05, 0) is 49.8 Å². The number of carbonyl (C=O) groups is 1. The Labute approximate surface area is 154 Å². The number of hydrogen-bond acceptors (Lipinski definition) is 3. The first kappa shape index (κ1) is 18.7. The molecule has 0 spiro atoms. The maximum Gasteiger partial charge on any atom is 0.435 e. The number of halogens is 3. The molecule has 0 atom stereocenters. The summed E-state index contributed by atoms with van der Waals surface area (Å²) in [5, 5.41) is 4.30. The van der Waals surface area contributed by atoms with Crippen LogP contribution in [0.25, 0.3) is 6.08 Å². The maximum absolute atomic E-state index is 13.4. The smallest absolute Gasteiger partial charge is 0.435 e. The van der Waals surface area contributed by atoms with Crippen LogP contribution < -0.4 is 9.75 Å². The summed E-state index contributed by atoms with van der Waals surface area (Å²) in [6, 6.07) is 14.5. The van der Waals surface area contributed by atoms with Crippen molar-refractivity contribution in [3.8, 4) is 5.75 Å². The predicted molar refractivity (Wildman–Crippen MR) is 97.6 cm³/mol. The first-order chi connectivity index (χ1) is 12.8. The van der Waals surface area contributed by atoms with Crippen LogP contribution in [0.2, 0.25) is 0 Å². The molecular weight excluding hydrogens is 357 g/mol. The molecule has 0 fully saturated rings. The second-order valence-electron chi connectivity index (χ2n) is 6.19. The van der Waals surface area contributed by atoms with Crippen molar-refractivity contribution >= 4 is 23.4 Å². The quantitative estimate of drug-likeness (QED) is 0.720. The summed E-state index contributed by atoms with van der Waals surface area (Å²) >= 11 is 0. The molecule has 1 amide bonds. The number of carbonyl (C=O) groups excluding carboxylic acids is 1. The predicted octanol–water partition coefficient (Wildman–Crippen LogP) is 4.82. The molecule has 3 rings (SSSR count). The van der Waals surface area contributed by atoms with Gasteiger partial charge in [-0.15, -0.1) is 0 Å². The highest BCUT2D eigenvalue weighted by atomic mass is 19.4. The highest BCUT2D eigenvalue weighted by molar-refractivity contribution is 6.34. The Bertz CT molecular complexity index is 886. The summed E-state index contributed by atoms with van der Waals surface area (Å²) in [6.45, 7) is 3.74. The van der Waals surface area contributed by atoms with E-state index in [1.807, 2.05) is 13.8 Å². The molecule has 140 valence electrons. The molecule has 2 aromatic carbocycles. The second kappa shape index (κ2) is 7.26. The number of para-hydroxylation sites is 1. The average molecular weight is 374 g/mol. The van der Waals surface area contributed by atoms with Gasteiger partial charge in [0, 0.05) is 0 Å². The van der Waals surface area contributed by atoms with Crippen molar-refractivity contribution in [2.75, 3.05) is 5.01 Å². The lowest BCUT2D eigenvalue weighted by molar-refractivity contribution is -0.114. The van der Waals surface area contributed by atoms with Gasteiger partial charge in [0.15, 0.2) is 5.71 Å². The third kappa shape index (κ3) is 4.19. The van der Waals surface area contributed by atoms with E-state index in [1.54, 1.807) is 42.5 Å². The number of hydrazone groups is 1. The largest absolute Gasteiger partial charge is 0.491 e. The molecule has 0 unspecified atom stereocenters. The highest BCUT2D eigenvalue weighted by Gasteiger charge is 2.46. The monoisotopic (exact) mass is 374 g/mol. The van der Waals surface area contributed by atoms with Crippen molar-refractivity contribution in [3.63, 3.8) is 0 Å². The summed E-state index contributed by atoms with van der Waals surface area (Å²) in [6.07, 6.45) is -3.57. The maximum atomic E-state index is 13.4. The third-order valence-electron chi connectivity index (χ3n) is 3.71. The van der Waals surface area contributed by atoms with Gasteiger partial charge in [0.25, 0.3) is 5.91 Å². The minimum absolute atomic E-state index is 0.0194. The lowest BCUT2D eigenvalue weighted by atomic mass is 10.1. The first-order valence-electron chi connectivity index (χ1n) is 8.30. The highest BCUT2D eigenvalue weighted by Crippen LogP contribution is 2.32. The number of ether oxygens (including phenoxy) is 1. The van der Waals surface area contributed by atoms with Crippen LogP contribution in [0.15, 0.2) is 65.3 Å². The van der Waals surface area contributed by atoms with Crippen LogP contribution in [0.5, 0.6) is 5.75 Å². The number of hydrogen-bond donors (Lipinski definition) is 0. The van der Waals surface area contributed by atoms with Crippen LogP contribution in [0.1, 0.15) is 19.4 Å². The number of anilines is 1. The normalized spacial score (nSPS) is 16.2. The molecule has 2 aromatic rings. The van der Waals surface area contributed by atoms with Crippen LogP contribution in [-0.4, -0.2) is 23.9 Å². The molecule has 0 saturated heterocycles. The van der Waals surface area contributed by atoms with Crippen LogP contribution in [0.4, 0.5) is 18.9 Å². The Morgan fingerprint density at radius 3 is 2.22 bits per heavy atom. The molecular formula is C20H17F3N2O2. The average Bonchev–Trinajstić information content (AvgIpc) is 2.94. The van der Waals surface area contributed by atoms with Gasteiger partial charge in [-0.1, -0.05) is 30.3 Å². The van der Waals surface area contributed by atoms with Crippen LogP contribution >= 0.6 is 0 Å². The fourth-order valence-electron chi connectivity index (χ4n) is 2.58. The van der Waals surface area contributed by atoms with Crippen LogP contribution in [-0.2, 0) is 4.79 Å². The zero-order valence-corrected chi connectivity index (χ0v) is 14.7. The number of nitrogens with zero attached hydrogens (tertiary/aromatic N) is 2. The first-order valence-corrected chi connectivity index (χ1v) is 8.30. The summed E-state index contributed by atoms with van der Waals surface area (Å²) in [5.74, 6) is -0.225. The SMILES string of the molecule is CC(C)Oc1ccc(/C=C2\C(=O)N(c3ccccc3)N=C2C(F)(F)F)cc1. The van der Waals surface area contributed by atoms with Crippen molar-refractivity contribution in [1.82, 2.24) is 0 Å². The van der Waals surface area contributed by atoms with Crippen molar-refractivity contribution < 1.29 is 22.7 Å². The molecule has 0 radical (unpaired) electrons. The Kier molecular flexibility index (Phi) is 5.03. The van der Waals surface area contributed by atoms with E-state index in [4.69, 9.17) is 4.74 Å². The topological polar surface area (TPSA) is 41.9 Å². The Morgan fingerprint density at radius 2 is 1.67 bits per heavy atom. The van der Waals surface area contributed by atoms with E-state index in [0.717, 1.165) is 5.01 Å². The summed E-state index contributed by atoms with van der Waals surface area (Å²) in [5.41, 5.74) is -0.989. The van der Waals surface area contributed by atoms with Gasteiger partial charge < -0.3 is 4.74 Å². The van der Waals surface area contributed by atoms with E-state index < -0.39 is 23.4 Å². The van der Waals surface area contributed by atoms with Crippen molar-refractivity contribution in [1.29, 1.82) is 0 Å². The summed E-state index contributed by atoms with van der Waals surface area (Å²) in [7, 11) is 0. The minimum Gasteiger partial charge on any atom is -0.491 e. The van der Waals surface area contributed by atoms with E-state index in [1.165, 1.54) is 18.2 Å². The standard InChI is InChI=1S/C20H17F3N2O2/c1-13(2)27-16-10-8-14(9-11-16)12-17-18(20(21,22)23)24-25(19(17)26)15-6-4-3-5-7-15/h3-13H,1-2H3/b17-12-. The van der Waals surface area contributed by atoms with Gasteiger partial charge >= 0.3 is 6.18 Å². The molecule has 0 bridgehead atoms. The third-order valence-corrected chi connectivity index (χ3v) is 3.71. The fourth-order valence-corrected chi connectivity index (χ4v) is 2.58. The zero-order valence-electron chi connectivity index (χ0n) is 14.7. The number of alkyl halides is 3. The molecule has 1 heterocycles. The van der Waals surface area contributed by atoms with Gasteiger partial charge in [0.1, 0.15) is 5.75 Å². The Morgan fingerprint density at radius 1 is 1.04 bits per heavy atom. The molecule has 1 aliphatic rings. The van der Waals surface area contributed by atoms with E-state index in [2.05, 4.69) is 5.10 Å². The van der Waals surface area contributed by atoms with E-state index in [-0.39, 0.29) is 11.8 Å². The van der Waals surface area contributed by atoms with Crippen LogP contribution in [0, 0.1) is 0 Å². The zero-order chi connectivity index (χ0) is 19.6. The lowest BCUT2D eigenvalue weighted by Crippen LogP contribution is -2.25. The Balaban J connectivity index is 1.96. The Hall–Kier alpha value is -3.09. The van der Waals surface area contributed by atoms with Crippen molar-refractivity contribution in [2.45, 2.75) is 26.1 Å².